The molecule has 2 unspecified atom stereocenters. The van der Waals surface area contributed by atoms with Crippen LogP contribution in [0, 0.1) is 17.2 Å². The molecule has 2 atom stereocenters. The number of hydrogen-bond acceptors (Lipinski definition) is 2. The Bertz CT molecular complexity index is 438. The average molecular weight is 250 g/mol. The second kappa shape index (κ2) is 5.42. The molecular weight excluding hydrogens is 234 g/mol. The number of methoxy groups -OCH3 is 1. The maximum atomic E-state index is 9.23. The van der Waals surface area contributed by atoms with Gasteiger partial charge in [0.1, 0.15) is 5.75 Å². The number of halogens is 1. The van der Waals surface area contributed by atoms with Gasteiger partial charge in [0.25, 0.3) is 0 Å². The summed E-state index contributed by atoms with van der Waals surface area (Å²) in [5.41, 5.74) is 1.09. The molecule has 2 nitrogen and oxygen atoms in total. The highest BCUT2D eigenvalue weighted by Gasteiger charge is 2.28. The SMILES string of the molecule is COc1ccc(Cl)cc1C1CCCCC1C#N. The third-order valence-corrected chi connectivity index (χ3v) is 3.76. The molecular formula is C14H16ClNO. The highest BCUT2D eigenvalue weighted by atomic mass is 35.5. The first-order chi connectivity index (χ1) is 8.26. The zero-order valence-corrected chi connectivity index (χ0v) is 10.7. The van der Waals surface area contributed by atoms with E-state index in [-0.39, 0.29) is 11.8 Å². The van der Waals surface area contributed by atoms with Crippen LogP contribution < -0.4 is 4.74 Å². The Morgan fingerprint density at radius 1 is 1.35 bits per heavy atom. The van der Waals surface area contributed by atoms with Gasteiger partial charge in [-0.3, -0.25) is 0 Å². The van der Waals surface area contributed by atoms with Crippen LogP contribution in [0.5, 0.6) is 5.75 Å². The second-order valence-corrected chi connectivity index (χ2v) is 4.95. The van der Waals surface area contributed by atoms with Crippen LogP contribution >= 0.6 is 11.6 Å². The second-order valence-electron chi connectivity index (χ2n) is 4.51. The quantitative estimate of drug-likeness (QED) is 0.789. The molecule has 0 amide bonds. The van der Waals surface area contributed by atoms with Crippen LogP contribution in [0.1, 0.15) is 37.2 Å². The van der Waals surface area contributed by atoms with Crippen LogP contribution in [-0.4, -0.2) is 7.11 Å². The molecule has 90 valence electrons. The maximum absolute atomic E-state index is 9.23. The van der Waals surface area contributed by atoms with Gasteiger partial charge in [0, 0.05) is 10.9 Å². The normalized spacial score (nSPS) is 24.1. The van der Waals surface area contributed by atoms with Crippen LogP contribution in [0.4, 0.5) is 0 Å². The standard InChI is InChI=1S/C14H16ClNO/c1-17-14-7-6-11(15)8-13(14)12-5-3-2-4-10(12)9-16/h6-8,10,12H,2-5H2,1H3. The van der Waals surface area contributed by atoms with Gasteiger partial charge in [-0.05, 0) is 36.6 Å². The topological polar surface area (TPSA) is 33.0 Å². The van der Waals surface area contributed by atoms with Crippen molar-refractivity contribution in [2.24, 2.45) is 5.92 Å². The van der Waals surface area contributed by atoms with Crippen molar-refractivity contribution in [1.82, 2.24) is 0 Å². The van der Waals surface area contributed by atoms with Crippen molar-refractivity contribution in [1.29, 1.82) is 5.26 Å². The van der Waals surface area contributed by atoms with Crippen LogP contribution in [-0.2, 0) is 0 Å². The third-order valence-electron chi connectivity index (χ3n) is 3.52. The lowest BCUT2D eigenvalue weighted by Gasteiger charge is -2.28. The monoisotopic (exact) mass is 249 g/mol. The summed E-state index contributed by atoms with van der Waals surface area (Å²) < 4.78 is 5.38. The molecule has 0 aliphatic heterocycles. The number of nitrogens with zero attached hydrogens (tertiary/aromatic N) is 1. The summed E-state index contributed by atoms with van der Waals surface area (Å²) in [5, 5.41) is 9.94. The molecule has 0 spiro atoms. The smallest absolute Gasteiger partial charge is 0.122 e. The van der Waals surface area contributed by atoms with E-state index < -0.39 is 0 Å². The van der Waals surface area contributed by atoms with Crippen LogP contribution in [0.25, 0.3) is 0 Å². The van der Waals surface area contributed by atoms with E-state index in [0.29, 0.717) is 5.02 Å². The molecule has 0 heterocycles. The molecule has 1 aliphatic rings. The summed E-state index contributed by atoms with van der Waals surface area (Å²) in [6.07, 6.45) is 4.36. The Balaban J connectivity index is 2.37. The van der Waals surface area contributed by atoms with Crippen LogP contribution in [0.15, 0.2) is 18.2 Å². The Labute approximate surface area is 107 Å². The first-order valence-electron chi connectivity index (χ1n) is 5.99. The van der Waals surface area contributed by atoms with Crippen molar-refractivity contribution in [3.05, 3.63) is 28.8 Å². The molecule has 0 saturated heterocycles. The first-order valence-corrected chi connectivity index (χ1v) is 6.37. The molecule has 1 aromatic carbocycles. The Morgan fingerprint density at radius 3 is 2.82 bits per heavy atom. The predicted octanol–water partition coefficient (Wildman–Crippen LogP) is 4.15. The summed E-state index contributed by atoms with van der Waals surface area (Å²) >= 11 is 6.05. The molecule has 0 aromatic heterocycles. The molecule has 3 heteroatoms. The molecule has 2 rings (SSSR count). The molecule has 1 aromatic rings. The largest absolute Gasteiger partial charge is 0.496 e. The van der Waals surface area contributed by atoms with Crippen molar-refractivity contribution >= 4 is 11.6 Å². The molecule has 1 fully saturated rings. The lowest BCUT2D eigenvalue weighted by molar-refractivity contribution is 0.349. The van der Waals surface area contributed by atoms with Crippen molar-refractivity contribution < 1.29 is 4.74 Å². The van der Waals surface area contributed by atoms with E-state index >= 15 is 0 Å². The minimum absolute atomic E-state index is 0.0936. The van der Waals surface area contributed by atoms with E-state index in [0.717, 1.165) is 30.6 Å². The Hall–Kier alpha value is -1.20. The summed E-state index contributed by atoms with van der Waals surface area (Å²) in [5.74, 6) is 1.21. The van der Waals surface area contributed by atoms with Crippen molar-refractivity contribution in [3.8, 4) is 11.8 Å². The van der Waals surface area contributed by atoms with E-state index in [1.165, 1.54) is 6.42 Å². The highest BCUT2D eigenvalue weighted by Crippen LogP contribution is 2.41. The predicted molar refractivity (Wildman–Crippen MR) is 68.3 cm³/mol. The average Bonchev–Trinajstić information content (AvgIpc) is 2.38. The molecule has 0 radical (unpaired) electrons. The summed E-state index contributed by atoms with van der Waals surface area (Å²) in [6, 6.07) is 8.09. The van der Waals surface area contributed by atoms with Gasteiger partial charge in [-0.25, -0.2) is 0 Å². The highest BCUT2D eigenvalue weighted by molar-refractivity contribution is 6.30. The molecule has 17 heavy (non-hydrogen) atoms. The van der Waals surface area contributed by atoms with Gasteiger partial charge in [-0.2, -0.15) is 5.26 Å². The fourth-order valence-electron chi connectivity index (χ4n) is 2.65. The summed E-state index contributed by atoms with van der Waals surface area (Å²) in [7, 11) is 1.66. The van der Waals surface area contributed by atoms with Crippen molar-refractivity contribution in [2.45, 2.75) is 31.6 Å². The number of rotatable bonds is 2. The van der Waals surface area contributed by atoms with Gasteiger partial charge in [0.2, 0.25) is 0 Å². The molecule has 1 aliphatic carbocycles. The van der Waals surface area contributed by atoms with Gasteiger partial charge in [0.15, 0.2) is 0 Å². The van der Waals surface area contributed by atoms with Gasteiger partial charge in [-0.15, -0.1) is 0 Å². The minimum Gasteiger partial charge on any atom is -0.496 e. The van der Waals surface area contributed by atoms with E-state index in [2.05, 4.69) is 6.07 Å². The first kappa shape index (κ1) is 12.3. The van der Waals surface area contributed by atoms with Crippen molar-refractivity contribution in [2.75, 3.05) is 7.11 Å². The van der Waals surface area contributed by atoms with Crippen molar-refractivity contribution in [3.63, 3.8) is 0 Å². The fraction of sp³-hybridized carbons (Fsp3) is 0.500. The zero-order valence-electron chi connectivity index (χ0n) is 9.95. The lowest BCUT2D eigenvalue weighted by Crippen LogP contribution is -2.17. The van der Waals surface area contributed by atoms with E-state index in [4.69, 9.17) is 16.3 Å². The molecule has 0 N–H and O–H groups in total. The third kappa shape index (κ3) is 2.56. The molecule has 1 saturated carbocycles. The fourth-order valence-corrected chi connectivity index (χ4v) is 2.83. The maximum Gasteiger partial charge on any atom is 0.122 e. The lowest BCUT2D eigenvalue weighted by atomic mass is 9.76. The minimum atomic E-state index is 0.0936. The van der Waals surface area contributed by atoms with E-state index in [1.807, 2.05) is 18.2 Å². The number of nitriles is 1. The molecule has 0 bridgehead atoms. The van der Waals surface area contributed by atoms with E-state index in [1.54, 1.807) is 7.11 Å². The van der Waals surface area contributed by atoms with Gasteiger partial charge < -0.3 is 4.74 Å². The number of benzene rings is 1. The Kier molecular flexibility index (Phi) is 3.91. The van der Waals surface area contributed by atoms with Gasteiger partial charge in [0.05, 0.1) is 19.1 Å². The Morgan fingerprint density at radius 2 is 2.12 bits per heavy atom. The van der Waals surface area contributed by atoms with Crippen LogP contribution in [0.2, 0.25) is 5.02 Å². The number of hydrogen-bond donors (Lipinski definition) is 0. The number of ether oxygens (including phenoxy) is 1. The van der Waals surface area contributed by atoms with Gasteiger partial charge >= 0.3 is 0 Å². The van der Waals surface area contributed by atoms with Gasteiger partial charge in [-0.1, -0.05) is 24.4 Å². The summed E-state index contributed by atoms with van der Waals surface area (Å²) in [6.45, 7) is 0. The van der Waals surface area contributed by atoms with E-state index in [9.17, 15) is 5.26 Å². The zero-order chi connectivity index (χ0) is 12.3. The van der Waals surface area contributed by atoms with Crippen LogP contribution in [0.3, 0.4) is 0 Å². The summed E-state index contributed by atoms with van der Waals surface area (Å²) in [4.78, 5) is 0.